The van der Waals surface area contributed by atoms with Gasteiger partial charge in [0.1, 0.15) is 11.3 Å². The number of nitro benzene ring substituents is 1. The van der Waals surface area contributed by atoms with Gasteiger partial charge in [-0.3, -0.25) is 14.8 Å². The van der Waals surface area contributed by atoms with Gasteiger partial charge in [0, 0.05) is 21.7 Å². The first-order valence-corrected chi connectivity index (χ1v) is 10.7. The van der Waals surface area contributed by atoms with Crippen LogP contribution in [0.15, 0.2) is 65.6 Å². The second-order valence-corrected chi connectivity index (χ2v) is 8.86. The molecule has 2 N–H and O–H groups in total. The maximum absolute atomic E-state index is 12.8. The molecule has 11 heteroatoms. The Labute approximate surface area is 180 Å². The van der Waals surface area contributed by atoms with Gasteiger partial charge in [-0.05, 0) is 36.4 Å². The molecule has 4 aromatic rings. The van der Waals surface area contributed by atoms with Crippen molar-refractivity contribution >= 4 is 55.6 Å². The smallest absolute Gasteiger partial charge is 0.294 e. The lowest BCUT2D eigenvalue weighted by Crippen LogP contribution is -2.13. The summed E-state index contributed by atoms with van der Waals surface area (Å²) >= 11 is 11.8. The van der Waals surface area contributed by atoms with Gasteiger partial charge in [0.25, 0.3) is 15.7 Å². The van der Waals surface area contributed by atoms with Crippen LogP contribution in [0.3, 0.4) is 0 Å². The second-order valence-electron chi connectivity index (χ2n) is 6.31. The highest BCUT2D eigenvalue weighted by Crippen LogP contribution is 2.29. The predicted molar refractivity (Wildman–Crippen MR) is 115 cm³/mol. The Kier molecular flexibility index (Phi) is 5.10. The van der Waals surface area contributed by atoms with Gasteiger partial charge in [0.05, 0.1) is 21.0 Å². The number of anilines is 1. The summed E-state index contributed by atoms with van der Waals surface area (Å²) in [5.41, 5.74) is 1.22. The van der Waals surface area contributed by atoms with Crippen LogP contribution in [0.1, 0.15) is 0 Å². The molecule has 0 amide bonds. The molecule has 0 aliphatic heterocycles. The number of non-ortho nitro benzene ring substituents is 1. The van der Waals surface area contributed by atoms with Crippen molar-refractivity contribution in [3.05, 3.63) is 80.8 Å². The van der Waals surface area contributed by atoms with E-state index in [1.54, 1.807) is 18.2 Å². The van der Waals surface area contributed by atoms with Crippen molar-refractivity contribution in [3.8, 4) is 11.4 Å². The lowest BCUT2D eigenvalue weighted by atomic mass is 10.2. The molecule has 0 unspecified atom stereocenters. The third-order valence-corrected chi connectivity index (χ3v) is 6.04. The van der Waals surface area contributed by atoms with Gasteiger partial charge in [-0.2, -0.15) is 0 Å². The largest absolute Gasteiger partial charge is 0.332 e. The molecule has 30 heavy (non-hydrogen) atoms. The number of hydrogen-bond acceptors (Lipinski definition) is 5. The van der Waals surface area contributed by atoms with Gasteiger partial charge in [0.2, 0.25) is 0 Å². The molecule has 0 atom stereocenters. The van der Waals surface area contributed by atoms with Crippen molar-refractivity contribution in [2.45, 2.75) is 4.90 Å². The molecule has 0 aliphatic carbocycles. The van der Waals surface area contributed by atoms with Crippen molar-refractivity contribution in [2.75, 3.05) is 4.72 Å². The second kappa shape index (κ2) is 7.60. The van der Waals surface area contributed by atoms with E-state index in [2.05, 4.69) is 14.7 Å². The fourth-order valence-electron chi connectivity index (χ4n) is 2.94. The molecule has 0 saturated carbocycles. The Morgan fingerprint density at radius 1 is 1.00 bits per heavy atom. The van der Waals surface area contributed by atoms with Crippen molar-refractivity contribution in [3.63, 3.8) is 0 Å². The summed E-state index contributed by atoms with van der Waals surface area (Å²) < 4.78 is 28.0. The molecule has 1 heterocycles. The van der Waals surface area contributed by atoms with E-state index >= 15 is 0 Å². The molecular formula is C19H12Cl2N4O4S. The fraction of sp³-hybridized carbons (Fsp3) is 0. The molecular weight excluding hydrogens is 451 g/mol. The first-order chi connectivity index (χ1) is 14.2. The standard InChI is InChI=1S/C19H12Cl2N4O4S/c20-12-8-13(21)10-14(9-12)24-30(28,29)15-4-1-3-11(7-15)19-22-16-5-2-6-17(25(26)27)18(16)23-19/h1-10,24H,(H,22,23). The average molecular weight is 463 g/mol. The van der Waals surface area contributed by atoms with Crippen molar-refractivity contribution in [1.82, 2.24) is 9.97 Å². The molecule has 152 valence electrons. The highest BCUT2D eigenvalue weighted by Gasteiger charge is 2.19. The summed E-state index contributed by atoms with van der Waals surface area (Å²) in [7, 11) is -3.95. The maximum Gasteiger partial charge on any atom is 0.294 e. The van der Waals surface area contributed by atoms with Crippen LogP contribution in [-0.2, 0) is 10.0 Å². The minimum absolute atomic E-state index is 0.0222. The lowest BCUT2D eigenvalue weighted by molar-refractivity contribution is -0.383. The van der Waals surface area contributed by atoms with Crippen molar-refractivity contribution in [2.24, 2.45) is 0 Å². The van der Waals surface area contributed by atoms with Gasteiger partial charge in [-0.25, -0.2) is 13.4 Å². The maximum atomic E-state index is 12.8. The Bertz CT molecular complexity index is 1380. The van der Waals surface area contributed by atoms with E-state index in [-0.39, 0.29) is 31.8 Å². The van der Waals surface area contributed by atoms with E-state index in [9.17, 15) is 18.5 Å². The SMILES string of the molecule is O=[N+]([O-])c1cccc2nc(-c3cccc(S(=O)(=O)Nc4cc(Cl)cc(Cl)c4)c3)[nH]c12. The molecule has 0 saturated heterocycles. The number of hydrogen-bond donors (Lipinski definition) is 2. The molecule has 8 nitrogen and oxygen atoms in total. The van der Waals surface area contributed by atoms with E-state index in [1.165, 1.54) is 42.5 Å². The fourth-order valence-corrected chi connectivity index (χ4v) is 4.55. The van der Waals surface area contributed by atoms with Crippen LogP contribution in [0.4, 0.5) is 11.4 Å². The van der Waals surface area contributed by atoms with Crippen LogP contribution in [0, 0.1) is 10.1 Å². The molecule has 1 aromatic heterocycles. The van der Waals surface area contributed by atoms with E-state index in [1.807, 2.05) is 0 Å². The van der Waals surface area contributed by atoms with Gasteiger partial charge in [0.15, 0.2) is 0 Å². The van der Waals surface area contributed by atoms with Crippen LogP contribution in [0.5, 0.6) is 0 Å². The molecule has 0 spiro atoms. The summed E-state index contributed by atoms with van der Waals surface area (Å²) in [5, 5.41) is 11.8. The van der Waals surface area contributed by atoms with E-state index in [0.717, 1.165) is 0 Å². The Balaban J connectivity index is 1.73. The number of nitrogens with one attached hydrogen (secondary N) is 2. The number of rotatable bonds is 5. The number of nitro groups is 1. The molecule has 0 bridgehead atoms. The quantitative estimate of drug-likeness (QED) is 0.310. The molecule has 3 aromatic carbocycles. The van der Waals surface area contributed by atoms with Gasteiger partial charge >= 0.3 is 0 Å². The van der Waals surface area contributed by atoms with E-state index in [0.29, 0.717) is 16.9 Å². The molecule has 0 radical (unpaired) electrons. The number of fused-ring (bicyclic) bond motifs is 1. The highest BCUT2D eigenvalue weighted by molar-refractivity contribution is 7.92. The van der Waals surface area contributed by atoms with Crippen LogP contribution in [0.25, 0.3) is 22.4 Å². The summed E-state index contributed by atoms with van der Waals surface area (Å²) in [6.07, 6.45) is 0. The summed E-state index contributed by atoms with van der Waals surface area (Å²) in [6.45, 7) is 0. The molecule has 0 aliphatic rings. The zero-order valence-corrected chi connectivity index (χ0v) is 17.3. The van der Waals surface area contributed by atoms with Crippen LogP contribution < -0.4 is 4.72 Å². The predicted octanol–water partition coefficient (Wildman–Crippen LogP) is 5.25. The number of sulfonamides is 1. The Morgan fingerprint density at radius 2 is 1.70 bits per heavy atom. The number of imidazole rings is 1. The number of aromatic amines is 1. The van der Waals surface area contributed by atoms with Crippen LogP contribution in [-0.4, -0.2) is 23.3 Å². The number of benzene rings is 3. The van der Waals surface area contributed by atoms with Gasteiger partial charge < -0.3 is 4.98 Å². The number of halogens is 2. The number of nitrogens with zero attached hydrogens (tertiary/aromatic N) is 2. The lowest BCUT2D eigenvalue weighted by Gasteiger charge is -2.10. The highest BCUT2D eigenvalue weighted by atomic mass is 35.5. The Morgan fingerprint density at radius 3 is 2.40 bits per heavy atom. The first kappa shape index (κ1) is 20.1. The topological polar surface area (TPSA) is 118 Å². The van der Waals surface area contributed by atoms with Gasteiger partial charge in [-0.15, -0.1) is 0 Å². The number of aromatic nitrogens is 2. The Hall–Kier alpha value is -3.14. The van der Waals surface area contributed by atoms with Crippen LogP contribution >= 0.6 is 23.2 Å². The summed E-state index contributed by atoms with van der Waals surface area (Å²) in [4.78, 5) is 17.9. The molecule has 4 rings (SSSR count). The first-order valence-electron chi connectivity index (χ1n) is 8.45. The van der Waals surface area contributed by atoms with E-state index in [4.69, 9.17) is 23.2 Å². The van der Waals surface area contributed by atoms with Crippen molar-refractivity contribution < 1.29 is 13.3 Å². The van der Waals surface area contributed by atoms with Gasteiger partial charge in [-0.1, -0.05) is 41.4 Å². The van der Waals surface area contributed by atoms with Crippen molar-refractivity contribution in [1.29, 1.82) is 0 Å². The number of para-hydroxylation sites is 1. The van der Waals surface area contributed by atoms with Crippen LogP contribution in [0.2, 0.25) is 10.0 Å². The zero-order chi connectivity index (χ0) is 21.5. The monoisotopic (exact) mass is 462 g/mol. The third kappa shape index (κ3) is 3.95. The number of H-pyrrole nitrogens is 1. The summed E-state index contributed by atoms with van der Waals surface area (Å²) in [5.74, 6) is 0.308. The summed E-state index contributed by atoms with van der Waals surface area (Å²) in [6, 6.07) is 14.9. The third-order valence-electron chi connectivity index (χ3n) is 4.23. The zero-order valence-electron chi connectivity index (χ0n) is 15.0. The molecule has 0 fully saturated rings. The normalized spacial score (nSPS) is 11.5. The average Bonchev–Trinajstić information content (AvgIpc) is 3.11. The minimum atomic E-state index is -3.95. The van der Waals surface area contributed by atoms with E-state index < -0.39 is 14.9 Å². The minimum Gasteiger partial charge on any atom is -0.332 e.